The maximum atomic E-state index is 13.2. The molecular formula is C21H22FN3O3. The van der Waals surface area contributed by atoms with Crippen LogP contribution in [0.5, 0.6) is 11.5 Å². The third-order valence-corrected chi connectivity index (χ3v) is 4.08. The number of benzene rings is 2. The Hall–Kier alpha value is -3.35. The first kappa shape index (κ1) is 19.4. The number of rotatable bonds is 8. The summed E-state index contributed by atoms with van der Waals surface area (Å²) in [5.41, 5.74) is 1.66. The molecule has 146 valence electrons. The van der Waals surface area contributed by atoms with E-state index in [4.69, 9.17) is 9.47 Å². The van der Waals surface area contributed by atoms with Crippen LogP contribution >= 0.6 is 0 Å². The maximum absolute atomic E-state index is 13.2. The fourth-order valence-corrected chi connectivity index (χ4v) is 2.67. The molecule has 0 fully saturated rings. The first-order chi connectivity index (χ1) is 13.6. The van der Waals surface area contributed by atoms with Gasteiger partial charge in [-0.25, -0.2) is 9.07 Å². The molecule has 2 aromatic carbocycles. The summed E-state index contributed by atoms with van der Waals surface area (Å²) in [5.74, 6) is 0.372. The number of aromatic nitrogens is 2. The minimum absolute atomic E-state index is 0.174. The first-order valence-corrected chi connectivity index (χ1v) is 9.01. The van der Waals surface area contributed by atoms with E-state index in [1.165, 1.54) is 16.8 Å². The van der Waals surface area contributed by atoms with Gasteiger partial charge in [-0.05, 0) is 36.8 Å². The normalized spacial score (nSPS) is 10.5. The fraction of sp³-hybridized carbons (Fsp3) is 0.238. The monoisotopic (exact) mass is 383 g/mol. The molecule has 1 aromatic heterocycles. The van der Waals surface area contributed by atoms with Crippen molar-refractivity contribution in [1.82, 2.24) is 15.1 Å². The number of halogens is 1. The Balaban J connectivity index is 1.82. The molecule has 28 heavy (non-hydrogen) atoms. The van der Waals surface area contributed by atoms with Gasteiger partial charge in [-0.3, -0.25) is 4.79 Å². The Labute approximate surface area is 162 Å². The van der Waals surface area contributed by atoms with Crippen LogP contribution in [0, 0.1) is 5.82 Å². The van der Waals surface area contributed by atoms with E-state index in [2.05, 4.69) is 10.4 Å². The number of carbonyl (C=O) groups is 1. The van der Waals surface area contributed by atoms with Gasteiger partial charge in [-0.1, -0.05) is 25.1 Å². The van der Waals surface area contributed by atoms with Gasteiger partial charge in [0, 0.05) is 12.1 Å². The van der Waals surface area contributed by atoms with Crippen molar-refractivity contribution in [2.75, 3.05) is 13.7 Å². The molecule has 0 saturated heterocycles. The summed E-state index contributed by atoms with van der Waals surface area (Å²) in [7, 11) is 1.59. The van der Waals surface area contributed by atoms with E-state index < -0.39 is 0 Å². The maximum Gasteiger partial charge on any atom is 0.275 e. The van der Waals surface area contributed by atoms with Gasteiger partial charge in [0.2, 0.25) is 0 Å². The number of amides is 1. The Morgan fingerprint density at radius 2 is 1.89 bits per heavy atom. The standard InChI is InChI=1S/C21H22FN3O3/c1-3-12-28-19-14-25(17-10-8-16(22)9-11-17)24-20(19)21(26)23-13-15-6-4-5-7-18(15)27-2/h4-11,14H,3,12-13H2,1-2H3,(H,23,26). The van der Waals surface area contributed by atoms with Crippen molar-refractivity contribution in [2.24, 2.45) is 0 Å². The van der Waals surface area contributed by atoms with Gasteiger partial charge in [-0.2, -0.15) is 5.10 Å². The van der Waals surface area contributed by atoms with Crippen LogP contribution in [0.25, 0.3) is 5.69 Å². The zero-order valence-electron chi connectivity index (χ0n) is 15.8. The lowest BCUT2D eigenvalue weighted by atomic mass is 10.2. The summed E-state index contributed by atoms with van der Waals surface area (Å²) < 4.78 is 25.7. The number of methoxy groups -OCH3 is 1. The van der Waals surface area contributed by atoms with E-state index >= 15 is 0 Å². The molecule has 0 radical (unpaired) electrons. The SMILES string of the molecule is CCCOc1cn(-c2ccc(F)cc2)nc1C(=O)NCc1ccccc1OC. The number of ether oxygens (including phenoxy) is 2. The van der Waals surface area contributed by atoms with E-state index in [1.54, 1.807) is 25.4 Å². The molecule has 0 atom stereocenters. The molecule has 0 spiro atoms. The van der Waals surface area contributed by atoms with Crippen LogP contribution in [0.3, 0.4) is 0 Å². The number of para-hydroxylation sites is 1. The highest BCUT2D eigenvalue weighted by Crippen LogP contribution is 2.21. The predicted octanol–water partition coefficient (Wildman–Crippen LogP) is 3.74. The fourth-order valence-electron chi connectivity index (χ4n) is 2.67. The van der Waals surface area contributed by atoms with Gasteiger partial charge in [0.1, 0.15) is 11.6 Å². The van der Waals surface area contributed by atoms with Crippen LogP contribution in [-0.4, -0.2) is 29.4 Å². The van der Waals surface area contributed by atoms with Gasteiger partial charge in [0.25, 0.3) is 5.91 Å². The third-order valence-electron chi connectivity index (χ3n) is 4.08. The molecule has 0 bridgehead atoms. The number of carbonyl (C=O) groups excluding carboxylic acids is 1. The summed E-state index contributed by atoms with van der Waals surface area (Å²) in [4.78, 5) is 12.7. The van der Waals surface area contributed by atoms with Gasteiger partial charge in [0.05, 0.1) is 25.6 Å². The Bertz CT molecular complexity index is 938. The molecule has 0 aliphatic carbocycles. The smallest absolute Gasteiger partial charge is 0.275 e. The molecule has 0 aliphatic rings. The quantitative estimate of drug-likeness (QED) is 0.644. The van der Waals surface area contributed by atoms with Crippen molar-refractivity contribution in [3.05, 3.63) is 71.8 Å². The molecular weight excluding hydrogens is 361 g/mol. The van der Waals surface area contributed by atoms with E-state index in [0.717, 1.165) is 12.0 Å². The lowest BCUT2D eigenvalue weighted by molar-refractivity contribution is 0.0941. The zero-order valence-corrected chi connectivity index (χ0v) is 15.8. The molecule has 0 saturated carbocycles. The highest BCUT2D eigenvalue weighted by atomic mass is 19.1. The molecule has 6 nitrogen and oxygen atoms in total. The summed E-state index contributed by atoms with van der Waals surface area (Å²) >= 11 is 0. The van der Waals surface area contributed by atoms with Gasteiger partial charge < -0.3 is 14.8 Å². The number of nitrogens with zero attached hydrogens (tertiary/aromatic N) is 2. The molecule has 1 heterocycles. The summed E-state index contributed by atoms with van der Waals surface area (Å²) in [6.07, 6.45) is 2.42. The predicted molar refractivity (Wildman–Crippen MR) is 103 cm³/mol. The largest absolute Gasteiger partial charge is 0.496 e. The Kier molecular flexibility index (Phi) is 6.26. The van der Waals surface area contributed by atoms with Crippen LogP contribution in [0.1, 0.15) is 29.4 Å². The van der Waals surface area contributed by atoms with Crippen LogP contribution in [0.2, 0.25) is 0 Å². The second-order valence-electron chi connectivity index (χ2n) is 6.11. The summed E-state index contributed by atoms with van der Waals surface area (Å²) in [5, 5.41) is 7.19. The van der Waals surface area contributed by atoms with Gasteiger partial charge in [0.15, 0.2) is 11.4 Å². The highest BCUT2D eigenvalue weighted by Gasteiger charge is 2.19. The van der Waals surface area contributed by atoms with Crippen molar-refractivity contribution in [2.45, 2.75) is 19.9 Å². The molecule has 3 aromatic rings. The summed E-state index contributed by atoms with van der Waals surface area (Å²) in [6, 6.07) is 13.3. The molecule has 1 amide bonds. The lowest BCUT2D eigenvalue weighted by Crippen LogP contribution is -2.24. The second kappa shape index (κ2) is 9.03. The molecule has 0 unspecified atom stereocenters. The van der Waals surface area contributed by atoms with Crippen molar-refractivity contribution in [3.8, 4) is 17.2 Å². The van der Waals surface area contributed by atoms with Crippen LogP contribution < -0.4 is 14.8 Å². The van der Waals surface area contributed by atoms with Crippen LogP contribution in [0.15, 0.2) is 54.7 Å². The second-order valence-corrected chi connectivity index (χ2v) is 6.11. The zero-order chi connectivity index (χ0) is 19.9. The third kappa shape index (κ3) is 4.49. The van der Waals surface area contributed by atoms with Crippen molar-refractivity contribution in [1.29, 1.82) is 0 Å². The number of nitrogens with one attached hydrogen (secondary N) is 1. The molecule has 3 rings (SSSR count). The van der Waals surface area contributed by atoms with Gasteiger partial charge in [-0.15, -0.1) is 0 Å². The Morgan fingerprint density at radius 1 is 1.14 bits per heavy atom. The van der Waals surface area contributed by atoms with E-state index in [1.807, 2.05) is 31.2 Å². The summed E-state index contributed by atoms with van der Waals surface area (Å²) in [6.45, 7) is 2.73. The van der Waals surface area contributed by atoms with Gasteiger partial charge >= 0.3 is 0 Å². The topological polar surface area (TPSA) is 65.4 Å². The molecule has 0 aliphatic heterocycles. The average Bonchev–Trinajstić information content (AvgIpc) is 3.15. The van der Waals surface area contributed by atoms with Crippen LogP contribution in [-0.2, 0) is 6.54 Å². The first-order valence-electron chi connectivity index (χ1n) is 9.01. The average molecular weight is 383 g/mol. The van der Waals surface area contributed by atoms with Crippen molar-refractivity contribution >= 4 is 5.91 Å². The minimum atomic E-state index is -0.363. The van der Waals surface area contributed by atoms with E-state index in [0.29, 0.717) is 30.3 Å². The van der Waals surface area contributed by atoms with E-state index in [-0.39, 0.29) is 17.4 Å². The highest BCUT2D eigenvalue weighted by molar-refractivity contribution is 5.95. The molecule has 1 N–H and O–H groups in total. The Morgan fingerprint density at radius 3 is 2.61 bits per heavy atom. The van der Waals surface area contributed by atoms with E-state index in [9.17, 15) is 9.18 Å². The lowest BCUT2D eigenvalue weighted by Gasteiger charge is -2.09. The number of hydrogen-bond acceptors (Lipinski definition) is 4. The number of hydrogen-bond donors (Lipinski definition) is 1. The minimum Gasteiger partial charge on any atom is -0.496 e. The van der Waals surface area contributed by atoms with Crippen molar-refractivity contribution < 1.29 is 18.7 Å². The van der Waals surface area contributed by atoms with Crippen molar-refractivity contribution in [3.63, 3.8) is 0 Å². The molecule has 7 heteroatoms. The van der Waals surface area contributed by atoms with Crippen LogP contribution in [0.4, 0.5) is 4.39 Å².